The molecule has 0 radical (unpaired) electrons. The lowest BCUT2D eigenvalue weighted by molar-refractivity contribution is -0.122. The van der Waals surface area contributed by atoms with E-state index in [9.17, 15) is 4.79 Å². The van der Waals surface area contributed by atoms with Gasteiger partial charge in [-0.3, -0.25) is 4.79 Å². The van der Waals surface area contributed by atoms with Crippen LogP contribution in [0, 0.1) is 9.49 Å². The summed E-state index contributed by atoms with van der Waals surface area (Å²) in [5.41, 5.74) is 2.15. The molecule has 98 valence electrons. The number of ether oxygens (including phenoxy) is 1. The molecule has 1 aliphatic rings. The predicted octanol–water partition coefficient (Wildman–Crippen LogP) is 3.22. The first-order valence-corrected chi connectivity index (χ1v) is 7.45. The van der Waals surface area contributed by atoms with Crippen molar-refractivity contribution in [1.82, 2.24) is 0 Å². The number of anilines is 1. The highest BCUT2D eigenvalue weighted by atomic mass is 127. The van der Waals surface area contributed by atoms with Crippen LogP contribution in [0.5, 0.6) is 0 Å². The Balaban J connectivity index is 2.06. The number of carbonyl (C=O) groups excluding carboxylic acids is 1. The topological polar surface area (TPSA) is 38.3 Å². The number of aryl methyl sites for hydroxylation is 1. The largest absolute Gasteiger partial charge is 0.381 e. The van der Waals surface area contributed by atoms with Crippen molar-refractivity contribution in [3.63, 3.8) is 0 Å². The summed E-state index contributed by atoms with van der Waals surface area (Å²) in [6.07, 6.45) is 2.59. The molecule has 0 bridgehead atoms. The van der Waals surface area contributed by atoms with Gasteiger partial charge in [0, 0.05) is 28.4 Å². The first kappa shape index (κ1) is 13.8. The minimum Gasteiger partial charge on any atom is -0.381 e. The van der Waals surface area contributed by atoms with Crippen LogP contribution in [-0.4, -0.2) is 19.1 Å². The van der Waals surface area contributed by atoms with Crippen LogP contribution in [0.15, 0.2) is 18.2 Å². The quantitative estimate of drug-likeness (QED) is 0.842. The Morgan fingerprint density at radius 3 is 2.83 bits per heavy atom. The maximum atomic E-state index is 12.2. The SMILES string of the molecule is CCc1cc(I)ccc1NC(=O)C1CCOCC1. The second kappa shape index (κ2) is 6.52. The van der Waals surface area contributed by atoms with Gasteiger partial charge < -0.3 is 10.1 Å². The minimum absolute atomic E-state index is 0.0998. The van der Waals surface area contributed by atoms with Gasteiger partial charge in [-0.1, -0.05) is 6.92 Å². The molecule has 0 atom stereocenters. The summed E-state index contributed by atoms with van der Waals surface area (Å²) in [6.45, 7) is 3.51. The molecular weight excluding hydrogens is 341 g/mol. The number of amides is 1. The van der Waals surface area contributed by atoms with Crippen LogP contribution in [0.4, 0.5) is 5.69 Å². The third-order valence-corrected chi connectivity index (χ3v) is 3.97. The number of halogens is 1. The number of benzene rings is 1. The van der Waals surface area contributed by atoms with Gasteiger partial charge in [-0.2, -0.15) is 0 Å². The van der Waals surface area contributed by atoms with E-state index in [2.05, 4.69) is 40.9 Å². The van der Waals surface area contributed by atoms with E-state index in [1.807, 2.05) is 12.1 Å². The summed E-state index contributed by atoms with van der Waals surface area (Å²) in [5, 5.41) is 3.06. The zero-order valence-corrected chi connectivity index (χ0v) is 12.7. The third kappa shape index (κ3) is 3.45. The van der Waals surface area contributed by atoms with Crippen molar-refractivity contribution in [3.05, 3.63) is 27.3 Å². The van der Waals surface area contributed by atoms with E-state index in [-0.39, 0.29) is 11.8 Å². The van der Waals surface area contributed by atoms with E-state index in [1.165, 1.54) is 9.13 Å². The molecule has 0 saturated carbocycles. The highest BCUT2D eigenvalue weighted by molar-refractivity contribution is 14.1. The summed E-state index contributed by atoms with van der Waals surface area (Å²) in [7, 11) is 0. The van der Waals surface area contributed by atoms with Crippen LogP contribution in [-0.2, 0) is 16.0 Å². The van der Waals surface area contributed by atoms with Crippen molar-refractivity contribution in [2.45, 2.75) is 26.2 Å². The van der Waals surface area contributed by atoms with E-state index in [0.29, 0.717) is 13.2 Å². The molecule has 0 spiro atoms. The molecule has 3 nitrogen and oxygen atoms in total. The van der Waals surface area contributed by atoms with Crippen molar-refractivity contribution in [2.24, 2.45) is 5.92 Å². The summed E-state index contributed by atoms with van der Waals surface area (Å²) >= 11 is 2.29. The van der Waals surface area contributed by atoms with Gasteiger partial charge in [0.05, 0.1) is 0 Å². The fraction of sp³-hybridized carbons (Fsp3) is 0.500. The molecule has 1 heterocycles. The van der Waals surface area contributed by atoms with Crippen LogP contribution >= 0.6 is 22.6 Å². The second-order valence-corrected chi connectivity index (χ2v) is 5.78. The molecule has 1 N–H and O–H groups in total. The molecule has 1 amide bonds. The van der Waals surface area contributed by atoms with E-state index < -0.39 is 0 Å². The Morgan fingerprint density at radius 1 is 1.44 bits per heavy atom. The number of rotatable bonds is 3. The first-order chi connectivity index (χ1) is 8.70. The van der Waals surface area contributed by atoms with Gasteiger partial charge in [0.2, 0.25) is 5.91 Å². The smallest absolute Gasteiger partial charge is 0.227 e. The van der Waals surface area contributed by atoms with Gasteiger partial charge in [-0.25, -0.2) is 0 Å². The summed E-state index contributed by atoms with van der Waals surface area (Å²) in [4.78, 5) is 12.2. The van der Waals surface area contributed by atoms with Crippen molar-refractivity contribution in [1.29, 1.82) is 0 Å². The molecule has 1 saturated heterocycles. The van der Waals surface area contributed by atoms with Gasteiger partial charge >= 0.3 is 0 Å². The summed E-state index contributed by atoms with van der Waals surface area (Å²) < 4.78 is 6.48. The molecule has 1 aromatic carbocycles. The fourth-order valence-corrected chi connectivity index (χ4v) is 2.73. The standard InChI is InChI=1S/C14H18INO2/c1-2-10-9-12(15)3-4-13(10)16-14(17)11-5-7-18-8-6-11/h3-4,9,11H,2,5-8H2,1H3,(H,16,17). The van der Waals surface area contributed by atoms with E-state index >= 15 is 0 Å². The molecule has 1 aliphatic heterocycles. The fourth-order valence-electron chi connectivity index (χ4n) is 2.17. The maximum absolute atomic E-state index is 12.2. The van der Waals surface area contributed by atoms with Crippen LogP contribution in [0.25, 0.3) is 0 Å². The van der Waals surface area contributed by atoms with Crippen LogP contribution in [0.3, 0.4) is 0 Å². The van der Waals surface area contributed by atoms with Crippen molar-refractivity contribution in [2.75, 3.05) is 18.5 Å². The lowest BCUT2D eigenvalue weighted by Gasteiger charge is -2.22. The Labute approximate surface area is 121 Å². The highest BCUT2D eigenvalue weighted by Crippen LogP contribution is 2.22. The average Bonchev–Trinajstić information content (AvgIpc) is 2.41. The Bertz CT molecular complexity index is 428. The molecular formula is C14H18INO2. The first-order valence-electron chi connectivity index (χ1n) is 6.37. The molecule has 1 aromatic rings. The summed E-state index contributed by atoms with van der Waals surface area (Å²) in [6, 6.07) is 6.15. The van der Waals surface area contributed by atoms with Gasteiger partial charge in [0.1, 0.15) is 0 Å². The van der Waals surface area contributed by atoms with Crippen LogP contribution < -0.4 is 5.32 Å². The van der Waals surface area contributed by atoms with Crippen LogP contribution in [0.1, 0.15) is 25.3 Å². The Hall–Kier alpha value is -0.620. The monoisotopic (exact) mass is 359 g/mol. The van der Waals surface area contributed by atoms with Gasteiger partial charge in [-0.15, -0.1) is 0 Å². The molecule has 2 rings (SSSR count). The molecule has 1 fully saturated rings. The molecule has 0 aliphatic carbocycles. The van der Waals surface area contributed by atoms with Crippen LogP contribution in [0.2, 0.25) is 0 Å². The number of nitrogens with one attached hydrogen (secondary N) is 1. The van der Waals surface area contributed by atoms with E-state index in [4.69, 9.17) is 4.74 Å². The molecule has 4 heteroatoms. The zero-order valence-electron chi connectivity index (χ0n) is 10.5. The minimum atomic E-state index is 0.0998. The summed E-state index contributed by atoms with van der Waals surface area (Å²) in [5.74, 6) is 0.233. The molecule has 0 unspecified atom stereocenters. The normalized spacial score (nSPS) is 16.6. The lowest BCUT2D eigenvalue weighted by Crippen LogP contribution is -2.28. The van der Waals surface area contributed by atoms with Crippen molar-refractivity contribution < 1.29 is 9.53 Å². The van der Waals surface area contributed by atoms with E-state index in [0.717, 1.165) is 24.9 Å². The highest BCUT2D eigenvalue weighted by Gasteiger charge is 2.22. The van der Waals surface area contributed by atoms with Crippen molar-refractivity contribution in [3.8, 4) is 0 Å². The lowest BCUT2D eigenvalue weighted by atomic mass is 9.99. The molecule has 0 aromatic heterocycles. The average molecular weight is 359 g/mol. The number of carbonyl (C=O) groups is 1. The third-order valence-electron chi connectivity index (χ3n) is 3.30. The van der Waals surface area contributed by atoms with Gasteiger partial charge in [0.15, 0.2) is 0 Å². The Kier molecular flexibility index (Phi) is 5.00. The van der Waals surface area contributed by atoms with E-state index in [1.54, 1.807) is 0 Å². The zero-order chi connectivity index (χ0) is 13.0. The predicted molar refractivity (Wildman–Crippen MR) is 80.7 cm³/mol. The Morgan fingerprint density at radius 2 is 2.17 bits per heavy atom. The number of hydrogen-bond acceptors (Lipinski definition) is 2. The van der Waals surface area contributed by atoms with Gasteiger partial charge in [0.25, 0.3) is 0 Å². The maximum Gasteiger partial charge on any atom is 0.227 e. The van der Waals surface area contributed by atoms with Crippen molar-refractivity contribution >= 4 is 34.2 Å². The molecule has 18 heavy (non-hydrogen) atoms. The number of hydrogen-bond donors (Lipinski definition) is 1. The van der Waals surface area contributed by atoms with Gasteiger partial charge in [-0.05, 0) is 65.6 Å². The second-order valence-electron chi connectivity index (χ2n) is 4.53.